The molecule has 0 bridgehead atoms. The average molecular weight is 375 g/mol. The number of benzene rings is 1. The Balaban J connectivity index is 1.79. The van der Waals surface area contributed by atoms with E-state index in [1.54, 1.807) is 23.1 Å². The molecule has 3 rings (SSSR count). The lowest BCUT2D eigenvalue weighted by Gasteiger charge is -2.28. The van der Waals surface area contributed by atoms with Crippen LogP contribution in [0.5, 0.6) is 0 Å². The highest BCUT2D eigenvalue weighted by Gasteiger charge is 2.31. The summed E-state index contributed by atoms with van der Waals surface area (Å²) in [6.07, 6.45) is 0.00525. The van der Waals surface area contributed by atoms with Crippen LogP contribution in [0.2, 0.25) is 0 Å². The molecule has 1 aromatic carbocycles. The van der Waals surface area contributed by atoms with Gasteiger partial charge < -0.3 is 15.0 Å². The first-order chi connectivity index (χ1) is 12.6. The molecule has 136 valence electrons. The number of rotatable bonds is 4. The second kappa shape index (κ2) is 8.34. The minimum Gasteiger partial charge on any atom is -0.378 e. The van der Waals surface area contributed by atoms with E-state index in [-0.39, 0.29) is 29.6 Å². The van der Waals surface area contributed by atoms with Gasteiger partial charge in [0.2, 0.25) is 11.8 Å². The first-order valence-electron chi connectivity index (χ1n) is 8.27. The van der Waals surface area contributed by atoms with Gasteiger partial charge in [0.1, 0.15) is 5.82 Å². The predicted molar refractivity (Wildman–Crippen MR) is 94.4 cm³/mol. The molecule has 0 spiro atoms. The van der Waals surface area contributed by atoms with Crippen LogP contribution in [0.1, 0.15) is 17.9 Å². The molecule has 0 radical (unpaired) electrons. The third-order valence-electron chi connectivity index (χ3n) is 4.34. The Morgan fingerprint density at radius 1 is 1.38 bits per heavy atom. The molecule has 0 saturated carbocycles. The molecule has 1 atom stereocenters. The molecule has 2 aliphatic rings. The van der Waals surface area contributed by atoms with Crippen molar-refractivity contribution in [2.75, 3.05) is 32.1 Å². The SMILES string of the molecule is N#CC1=C(SCC(=O)N2CCOCC2)NC(=O)CC1c1ccccc1F. The van der Waals surface area contributed by atoms with E-state index >= 15 is 0 Å². The summed E-state index contributed by atoms with van der Waals surface area (Å²) in [7, 11) is 0. The molecule has 0 aromatic heterocycles. The maximum atomic E-state index is 14.2. The van der Waals surface area contributed by atoms with Gasteiger partial charge in [-0.3, -0.25) is 9.59 Å². The second-order valence-corrected chi connectivity index (χ2v) is 6.95. The van der Waals surface area contributed by atoms with Gasteiger partial charge in [-0.2, -0.15) is 5.26 Å². The van der Waals surface area contributed by atoms with Gasteiger partial charge in [-0.25, -0.2) is 4.39 Å². The molecule has 6 nitrogen and oxygen atoms in total. The summed E-state index contributed by atoms with van der Waals surface area (Å²) in [5.41, 5.74) is 0.603. The minimum absolute atomic E-state index is 0.00525. The number of thioether (sulfide) groups is 1. The summed E-state index contributed by atoms with van der Waals surface area (Å²) in [6, 6.07) is 8.22. The van der Waals surface area contributed by atoms with Gasteiger partial charge in [0, 0.05) is 25.4 Å². The van der Waals surface area contributed by atoms with Gasteiger partial charge in [0.15, 0.2) is 0 Å². The lowest BCUT2D eigenvalue weighted by molar-refractivity contribution is -0.132. The van der Waals surface area contributed by atoms with Crippen molar-refractivity contribution in [1.82, 2.24) is 10.2 Å². The van der Waals surface area contributed by atoms with Gasteiger partial charge >= 0.3 is 0 Å². The van der Waals surface area contributed by atoms with Crippen molar-refractivity contribution < 1.29 is 18.7 Å². The van der Waals surface area contributed by atoms with Crippen LogP contribution in [0.4, 0.5) is 4.39 Å². The average Bonchev–Trinajstić information content (AvgIpc) is 2.66. The van der Waals surface area contributed by atoms with E-state index in [1.807, 2.05) is 0 Å². The standard InChI is InChI=1S/C18H18FN3O3S/c19-15-4-2-1-3-12(15)13-9-16(23)21-18(14(13)10-20)26-11-17(24)22-5-7-25-8-6-22/h1-4,13H,5-9,11H2,(H,21,23). The van der Waals surface area contributed by atoms with E-state index < -0.39 is 11.7 Å². The summed E-state index contributed by atoms with van der Waals surface area (Å²) in [6.45, 7) is 2.09. The molecule has 1 N–H and O–H groups in total. The number of ether oxygens (including phenoxy) is 1. The molecule has 1 saturated heterocycles. The highest BCUT2D eigenvalue weighted by atomic mass is 32.2. The molecule has 1 unspecified atom stereocenters. The quantitative estimate of drug-likeness (QED) is 0.867. The highest BCUT2D eigenvalue weighted by Crippen LogP contribution is 2.36. The van der Waals surface area contributed by atoms with E-state index in [9.17, 15) is 19.2 Å². The summed E-state index contributed by atoms with van der Waals surface area (Å²) in [5.74, 6) is -1.36. The summed E-state index contributed by atoms with van der Waals surface area (Å²) >= 11 is 1.11. The first kappa shape index (κ1) is 18.4. The van der Waals surface area contributed by atoms with Crippen molar-refractivity contribution in [2.24, 2.45) is 0 Å². The molecule has 0 aliphatic carbocycles. The van der Waals surface area contributed by atoms with Gasteiger partial charge in [0.25, 0.3) is 0 Å². The van der Waals surface area contributed by atoms with Crippen molar-refractivity contribution >= 4 is 23.6 Å². The van der Waals surface area contributed by atoms with Gasteiger partial charge in [-0.1, -0.05) is 30.0 Å². The smallest absolute Gasteiger partial charge is 0.233 e. The van der Waals surface area contributed by atoms with Gasteiger partial charge in [-0.05, 0) is 11.6 Å². The monoisotopic (exact) mass is 375 g/mol. The van der Waals surface area contributed by atoms with Crippen molar-refractivity contribution in [3.8, 4) is 6.07 Å². The fraction of sp³-hybridized carbons (Fsp3) is 0.389. The molecule has 8 heteroatoms. The molecular formula is C18H18FN3O3S. The maximum absolute atomic E-state index is 14.2. The van der Waals surface area contributed by atoms with Crippen molar-refractivity contribution in [1.29, 1.82) is 5.26 Å². The molecule has 2 amide bonds. The van der Waals surface area contributed by atoms with Crippen LogP contribution in [0.15, 0.2) is 34.9 Å². The lowest BCUT2D eigenvalue weighted by Crippen LogP contribution is -2.42. The largest absolute Gasteiger partial charge is 0.378 e. The molecule has 2 aliphatic heterocycles. The maximum Gasteiger partial charge on any atom is 0.233 e. The number of hydrogen-bond donors (Lipinski definition) is 1. The predicted octanol–water partition coefficient (Wildman–Crippen LogP) is 1.76. The Labute approximate surface area is 155 Å². The van der Waals surface area contributed by atoms with Crippen LogP contribution in [-0.4, -0.2) is 48.8 Å². The number of nitrogens with zero attached hydrogens (tertiary/aromatic N) is 2. The number of carbonyl (C=O) groups is 2. The molecule has 1 aromatic rings. The third-order valence-corrected chi connectivity index (χ3v) is 5.34. The number of amides is 2. The summed E-state index contributed by atoms with van der Waals surface area (Å²) in [4.78, 5) is 26.1. The normalized spacial score (nSPS) is 20.5. The zero-order valence-electron chi connectivity index (χ0n) is 14.0. The van der Waals surface area contributed by atoms with E-state index in [4.69, 9.17) is 4.74 Å². The molecule has 2 heterocycles. The Morgan fingerprint density at radius 2 is 2.12 bits per heavy atom. The first-order valence-corrected chi connectivity index (χ1v) is 9.25. The number of nitriles is 1. The van der Waals surface area contributed by atoms with Crippen LogP contribution in [0, 0.1) is 17.1 Å². The number of hydrogen-bond acceptors (Lipinski definition) is 5. The molecule has 1 fully saturated rings. The Bertz CT molecular complexity index is 784. The number of nitrogens with one attached hydrogen (secondary N) is 1. The number of halogens is 1. The fourth-order valence-electron chi connectivity index (χ4n) is 2.99. The zero-order valence-corrected chi connectivity index (χ0v) is 14.9. The Hall–Kier alpha value is -2.37. The number of carbonyl (C=O) groups excluding carboxylic acids is 2. The van der Waals surface area contributed by atoms with Gasteiger partial charge in [0.05, 0.1) is 35.6 Å². The van der Waals surface area contributed by atoms with Crippen LogP contribution in [0.25, 0.3) is 0 Å². The van der Waals surface area contributed by atoms with Crippen molar-refractivity contribution in [3.05, 3.63) is 46.2 Å². The van der Waals surface area contributed by atoms with E-state index in [0.29, 0.717) is 36.9 Å². The van der Waals surface area contributed by atoms with Crippen molar-refractivity contribution in [3.63, 3.8) is 0 Å². The van der Waals surface area contributed by atoms with Gasteiger partial charge in [-0.15, -0.1) is 0 Å². The Kier molecular flexibility index (Phi) is 5.91. The zero-order chi connectivity index (χ0) is 18.5. The Morgan fingerprint density at radius 3 is 2.81 bits per heavy atom. The van der Waals surface area contributed by atoms with E-state index in [2.05, 4.69) is 11.4 Å². The third kappa shape index (κ3) is 4.06. The second-order valence-electron chi connectivity index (χ2n) is 5.96. The number of allylic oxidation sites excluding steroid dienone is 1. The van der Waals surface area contributed by atoms with Crippen LogP contribution < -0.4 is 5.32 Å². The van der Waals surface area contributed by atoms with E-state index in [1.165, 1.54) is 6.07 Å². The van der Waals surface area contributed by atoms with Crippen LogP contribution in [-0.2, 0) is 14.3 Å². The molecular weight excluding hydrogens is 357 g/mol. The molecule has 26 heavy (non-hydrogen) atoms. The van der Waals surface area contributed by atoms with E-state index in [0.717, 1.165) is 11.8 Å². The lowest BCUT2D eigenvalue weighted by atomic mass is 9.87. The fourth-order valence-corrected chi connectivity index (χ4v) is 3.97. The van der Waals surface area contributed by atoms with Crippen molar-refractivity contribution in [2.45, 2.75) is 12.3 Å². The van der Waals surface area contributed by atoms with Crippen LogP contribution in [0.3, 0.4) is 0 Å². The number of morpholine rings is 1. The van der Waals surface area contributed by atoms with Crippen LogP contribution >= 0.6 is 11.8 Å². The topological polar surface area (TPSA) is 82.4 Å². The summed E-state index contributed by atoms with van der Waals surface area (Å²) < 4.78 is 19.4. The summed E-state index contributed by atoms with van der Waals surface area (Å²) in [5, 5.41) is 12.6. The minimum atomic E-state index is -0.643. The highest BCUT2D eigenvalue weighted by molar-refractivity contribution is 8.03.